The van der Waals surface area contributed by atoms with E-state index in [1.165, 1.54) is 0 Å². The molecule has 0 saturated carbocycles. The van der Waals surface area contributed by atoms with Crippen molar-refractivity contribution in [1.82, 2.24) is 30.0 Å². The Kier molecular flexibility index (Phi) is 3.69. The Morgan fingerprint density at radius 1 is 0.500 bits per heavy atom. The van der Waals surface area contributed by atoms with Crippen molar-refractivity contribution in [3.8, 4) is 11.4 Å². The second-order valence-corrected chi connectivity index (χ2v) is 5.15. The number of benzene rings is 2. The Balaban J connectivity index is 1.48. The van der Waals surface area contributed by atoms with Crippen molar-refractivity contribution in [3.63, 3.8) is 0 Å². The molecule has 2 aromatic heterocycles. The van der Waals surface area contributed by atoms with E-state index in [-0.39, 0.29) is 0 Å². The molecular formula is C18H14N6. The van der Waals surface area contributed by atoms with E-state index in [1.54, 1.807) is 34.4 Å². The van der Waals surface area contributed by atoms with Gasteiger partial charge in [-0.25, -0.2) is 0 Å². The molecule has 0 atom stereocenters. The van der Waals surface area contributed by atoms with Crippen LogP contribution in [-0.2, 0) is 0 Å². The van der Waals surface area contributed by atoms with Crippen LogP contribution in [0.3, 0.4) is 0 Å². The van der Waals surface area contributed by atoms with Crippen molar-refractivity contribution in [2.75, 3.05) is 0 Å². The van der Waals surface area contributed by atoms with Gasteiger partial charge in [0.25, 0.3) is 0 Å². The van der Waals surface area contributed by atoms with Crippen LogP contribution < -0.4 is 0 Å². The van der Waals surface area contributed by atoms with Gasteiger partial charge in [-0.1, -0.05) is 36.4 Å². The van der Waals surface area contributed by atoms with Crippen LogP contribution in [-0.4, -0.2) is 30.0 Å². The molecule has 6 nitrogen and oxygen atoms in total. The molecule has 0 radical (unpaired) electrons. The van der Waals surface area contributed by atoms with Crippen LogP contribution >= 0.6 is 0 Å². The second kappa shape index (κ2) is 6.29. The summed E-state index contributed by atoms with van der Waals surface area (Å²) >= 11 is 0. The summed E-state index contributed by atoms with van der Waals surface area (Å²) in [5.74, 6) is 0. The Bertz CT molecular complexity index is 841. The summed E-state index contributed by atoms with van der Waals surface area (Å²) in [5.41, 5.74) is 4.11. The monoisotopic (exact) mass is 314 g/mol. The number of rotatable bonds is 4. The molecule has 2 heterocycles. The van der Waals surface area contributed by atoms with Gasteiger partial charge in [0.05, 0.1) is 36.2 Å². The molecule has 2 aromatic carbocycles. The minimum absolute atomic E-state index is 0.938. The summed E-state index contributed by atoms with van der Waals surface area (Å²) in [6.45, 7) is 0. The summed E-state index contributed by atoms with van der Waals surface area (Å²) in [4.78, 5) is 3.19. The van der Waals surface area contributed by atoms with Gasteiger partial charge in [-0.15, -0.1) is 0 Å². The van der Waals surface area contributed by atoms with E-state index in [9.17, 15) is 0 Å². The van der Waals surface area contributed by atoms with Crippen LogP contribution in [0.15, 0.2) is 73.3 Å². The lowest BCUT2D eigenvalue weighted by molar-refractivity contribution is 0.752. The molecule has 0 bridgehead atoms. The average Bonchev–Trinajstić information content (AvgIpc) is 3.34. The fourth-order valence-corrected chi connectivity index (χ4v) is 2.33. The van der Waals surface area contributed by atoms with E-state index in [0.717, 1.165) is 22.5 Å². The van der Waals surface area contributed by atoms with Gasteiger partial charge in [0.2, 0.25) is 0 Å². The predicted molar refractivity (Wildman–Crippen MR) is 91.6 cm³/mol. The van der Waals surface area contributed by atoms with Crippen molar-refractivity contribution in [2.45, 2.75) is 0 Å². The van der Waals surface area contributed by atoms with E-state index in [0.29, 0.717) is 0 Å². The van der Waals surface area contributed by atoms with Gasteiger partial charge >= 0.3 is 0 Å². The highest BCUT2D eigenvalue weighted by molar-refractivity contribution is 5.70. The lowest BCUT2D eigenvalue weighted by atomic mass is 10.1. The van der Waals surface area contributed by atoms with E-state index in [2.05, 4.69) is 32.5 Å². The molecule has 116 valence electrons. The third-order valence-electron chi connectivity index (χ3n) is 3.55. The van der Waals surface area contributed by atoms with E-state index < -0.39 is 0 Å². The summed E-state index contributed by atoms with van der Waals surface area (Å²) in [6, 6.07) is 16.1. The normalized spacial score (nSPS) is 11.2. The molecule has 24 heavy (non-hydrogen) atoms. The lowest BCUT2D eigenvalue weighted by Gasteiger charge is -2.01. The van der Waals surface area contributed by atoms with E-state index in [1.807, 2.05) is 48.5 Å². The third kappa shape index (κ3) is 2.98. The molecule has 0 aliphatic heterocycles. The maximum absolute atomic E-state index is 4.11. The first kappa shape index (κ1) is 14.1. The van der Waals surface area contributed by atoms with Gasteiger partial charge in [-0.05, 0) is 35.4 Å². The van der Waals surface area contributed by atoms with Crippen LogP contribution in [0, 0.1) is 0 Å². The molecule has 6 heteroatoms. The van der Waals surface area contributed by atoms with E-state index in [4.69, 9.17) is 0 Å². The predicted octanol–water partition coefficient (Wildman–Crippen LogP) is 3.02. The number of nitrogens with zero attached hydrogens (tertiary/aromatic N) is 6. The molecule has 4 aromatic rings. The molecular weight excluding hydrogens is 300 g/mol. The zero-order valence-corrected chi connectivity index (χ0v) is 12.8. The Morgan fingerprint density at radius 3 is 1.17 bits per heavy atom. The first-order valence-corrected chi connectivity index (χ1v) is 7.50. The minimum Gasteiger partial charge on any atom is -0.157 e. The quantitative estimate of drug-likeness (QED) is 0.543. The largest absolute Gasteiger partial charge is 0.157 e. The average molecular weight is 314 g/mol. The highest BCUT2D eigenvalue weighted by Gasteiger charge is 1.98. The number of aromatic nitrogens is 6. The molecule has 0 aliphatic carbocycles. The topological polar surface area (TPSA) is 61.4 Å². The summed E-state index contributed by atoms with van der Waals surface area (Å²) in [5, 5.41) is 16.5. The van der Waals surface area contributed by atoms with Crippen molar-refractivity contribution in [3.05, 3.63) is 84.4 Å². The van der Waals surface area contributed by atoms with Gasteiger partial charge < -0.3 is 0 Å². The van der Waals surface area contributed by atoms with Gasteiger partial charge in [-0.2, -0.15) is 30.0 Å². The van der Waals surface area contributed by atoms with E-state index >= 15 is 0 Å². The Labute approximate surface area is 138 Å². The van der Waals surface area contributed by atoms with Gasteiger partial charge in [0.1, 0.15) is 0 Å². The smallest absolute Gasteiger partial charge is 0.0857 e. The zero-order chi connectivity index (χ0) is 16.2. The minimum atomic E-state index is 0.938. The molecule has 0 amide bonds. The lowest BCUT2D eigenvalue weighted by Crippen LogP contribution is -1.97. The summed E-state index contributed by atoms with van der Waals surface area (Å²) in [6.07, 6.45) is 10.8. The molecule has 0 saturated heterocycles. The molecule has 0 N–H and O–H groups in total. The maximum atomic E-state index is 4.11. The van der Waals surface area contributed by atoms with Gasteiger partial charge in [-0.3, -0.25) is 0 Å². The van der Waals surface area contributed by atoms with Crippen LogP contribution in [0.1, 0.15) is 11.1 Å². The van der Waals surface area contributed by atoms with Crippen LogP contribution in [0.4, 0.5) is 0 Å². The highest BCUT2D eigenvalue weighted by Crippen LogP contribution is 2.13. The molecule has 0 spiro atoms. The van der Waals surface area contributed by atoms with Crippen LogP contribution in [0.2, 0.25) is 0 Å². The fourth-order valence-electron chi connectivity index (χ4n) is 2.33. The Morgan fingerprint density at radius 2 is 0.833 bits per heavy atom. The number of hydrogen-bond acceptors (Lipinski definition) is 4. The molecule has 0 aliphatic rings. The van der Waals surface area contributed by atoms with Crippen LogP contribution in [0.5, 0.6) is 0 Å². The summed E-state index contributed by atoms with van der Waals surface area (Å²) < 4.78 is 0. The van der Waals surface area contributed by atoms with Crippen molar-refractivity contribution in [1.29, 1.82) is 0 Å². The highest BCUT2D eigenvalue weighted by atomic mass is 15.5. The van der Waals surface area contributed by atoms with Crippen molar-refractivity contribution < 1.29 is 0 Å². The SMILES string of the molecule is C(=C\c1ccc(-n2nccn2)cc1)/c1ccc(-n2nccn2)cc1. The number of hydrogen-bond donors (Lipinski definition) is 0. The maximum Gasteiger partial charge on any atom is 0.0857 e. The second-order valence-electron chi connectivity index (χ2n) is 5.15. The standard InChI is InChI=1S/C18H14N6/c1(15-3-7-17(8-4-15)23-19-11-12-20-23)2-16-5-9-18(10-6-16)24-21-13-14-22-24/h1-14H/b2-1+. The van der Waals surface area contributed by atoms with Crippen molar-refractivity contribution in [2.24, 2.45) is 0 Å². The van der Waals surface area contributed by atoms with Crippen molar-refractivity contribution >= 4 is 12.2 Å². The molecule has 4 rings (SSSR count). The van der Waals surface area contributed by atoms with Gasteiger partial charge in [0, 0.05) is 0 Å². The Hall–Kier alpha value is -3.54. The summed E-state index contributed by atoms with van der Waals surface area (Å²) in [7, 11) is 0. The molecule has 0 fully saturated rings. The van der Waals surface area contributed by atoms with Gasteiger partial charge in [0.15, 0.2) is 0 Å². The first-order valence-electron chi connectivity index (χ1n) is 7.50. The third-order valence-corrected chi connectivity index (χ3v) is 3.55. The van der Waals surface area contributed by atoms with Crippen LogP contribution in [0.25, 0.3) is 23.5 Å². The molecule has 0 unspecified atom stereocenters. The fraction of sp³-hybridized carbons (Fsp3) is 0. The first-order chi connectivity index (χ1) is 11.9. The zero-order valence-electron chi connectivity index (χ0n) is 12.8.